The van der Waals surface area contributed by atoms with Crippen molar-refractivity contribution < 1.29 is 0 Å². The zero-order valence-corrected chi connectivity index (χ0v) is 10.4. The van der Waals surface area contributed by atoms with E-state index in [1.54, 1.807) is 11.3 Å². The van der Waals surface area contributed by atoms with E-state index in [0.29, 0.717) is 0 Å². The van der Waals surface area contributed by atoms with E-state index in [9.17, 15) is 0 Å². The van der Waals surface area contributed by atoms with Crippen LogP contribution in [0.1, 0.15) is 23.4 Å². The summed E-state index contributed by atoms with van der Waals surface area (Å²) in [5.74, 6) is 1.14. The number of thioether (sulfide) groups is 1. The van der Waals surface area contributed by atoms with E-state index < -0.39 is 0 Å². The molecule has 0 fully saturated rings. The lowest BCUT2D eigenvalue weighted by molar-refractivity contribution is 0.667. The highest BCUT2D eigenvalue weighted by Gasteiger charge is 2.02. The first-order valence-electron chi connectivity index (χ1n) is 4.87. The molecule has 0 saturated heterocycles. The molecule has 3 nitrogen and oxygen atoms in total. The Morgan fingerprint density at radius 1 is 1.36 bits per heavy atom. The van der Waals surface area contributed by atoms with Crippen LogP contribution in [0.5, 0.6) is 0 Å². The van der Waals surface area contributed by atoms with E-state index in [1.165, 1.54) is 0 Å². The van der Waals surface area contributed by atoms with Crippen molar-refractivity contribution in [3.63, 3.8) is 0 Å². The molecular formula is C9H17N3S2. The quantitative estimate of drug-likeness (QED) is 0.728. The number of hydrogen-bond donors (Lipinski definition) is 1. The third-order valence-electron chi connectivity index (χ3n) is 1.73. The van der Waals surface area contributed by atoms with Crippen LogP contribution in [0.15, 0.2) is 0 Å². The van der Waals surface area contributed by atoms with E-state index in [4.69, 9.17) is 0 Å². The van der Waals surface area contributed by atoms with Crippen LogP contribution in [0.4, 0.5) is 0 Å². The molecule has 1 aromatic rings. The van der Waals surface area contributed by atoms with Crippen LogP contribution in [0.25, 0.3) is 0 Å². The molecule has 14 heavy (non-hydrogen) atoms. The van der Waals surface area contributed by atoms with Gasteiger partial charge in [-0.1, -0.05) is 6.92 Å². The van der Waals surface area contributed by atoms with Gasteiger partial charge in [0.2, 0.25) is 0 Å². The summed E-state index contributed by atoms with van der Waals surface area (Å²) in [7, 11) is 0. The van der Waals surface area contributed by atoms with Gasteiger partial charge in [-0.2, -0.15) is 11.8 Å². The number of aryl methyl sites for hydroxylation is 1. The molecule has 0 aromatic carbocycles. The van der Waals surface area contributed by atoms with E-state index in [-0.39, 0.29) is 0 Å². The maximum Gasteiger partial charge on any atom is 0.131 e. The van der Waals surface area contributed by atoms with Crippen LogP contribution in [0, 0.1) is 0 Å². The first-order chi connectivity index (χ1) is 6.86. The second-order valence-electron chi connectivity index (χ2n) is 3.01. The molecule has 0 radical (unpaired) electrons. The predicted octanol–water partition coefficient (Wildman–Crippen LogP) is 1.94. The van der Waals surface area contributed by atoms with Crippen LogP contribution in [0.3, 0.4) is 0 Å². The summed E-state index contributed by atoms with van der Waals surface area (Å²) in [6, 6.07) is 0. The van der Waals surface area contributed by atoms with Crippen LogP contribution in [-0.2, 0) is 13.0 Å². The molecule has 0 aliphatic rings. The lowest BCUT2D eigenvalue weighted by Crippen LogP contribution is -2.13. The third-order valence-corrected chi connectivity index (χ3v) is 3.33. The van der Waals surface area contributed by atoms with Crippen molar-refractivity contribution in [2.75, 3.05) is 18.6 Å². The molecule has 0 aliphatic carbocycles. The molecule has 1 N–H and O–H groups in total. The SMILES string of the molecule is CCCNCc1nnc(CCSC)s1. The highest BCUT2D eigenvalue weighted by molar-refractivity contribution is 7.98. The molecule has 0 amide bonds. The van der Waals surface area contributed by atoms with Gasteiger partial charge in [0.05, 0.1) is 0 Å². The van der Waals surface area contributed by atoms with Gasteiger partial charge in [-0.3, -0.25) is 0 Å². The summed E-state index contributed by atoms with van der Waals surface area (Å²) in [6.07, 6.45) is 4.33. The first-order valence-corrected chi connectivity index (χ1v) is 7.08. The van der Waals surface area contributed by atoms with E-state index in [0.717, 1.165) is 41.7 Å². The van der Waals surface area contributed by atoms with E-state index >= 15 is 0 Å². The van der Waals surface area contributed by atoms with Gasteiger partial charge < -0.3 is 5.32 Å². The largest absolute Gasteiger partial charge is 0.310 e. The molecule has 1 aromatic heterocycles. The summed E-state index contributed by atoms with van der Waals surface area (Å²) >= 11 is 3.58. The smallest absolute Gasteiger partial charge is 0.131 e. The maximum atomic E-state index is 4.15. The van der Waals surface area contributed by atoms with Crippen LogP contribution in [-0.4, -0.2) is 28.8 Å². The molecule has 1 heterocycles. The van der Waals surface area contributed by atoms with Crippen LogP contribution >= 0.6 is 23.1 Å². The normalized spacial score (nSPS) is 10.7. The Labute approximate surface area is 93.7 Å². The zero-order chi connectivity index (χ0) is 10.2. The van der Waals surface area contributed by atoms with Gasteiger partial charge in [0, 0.05) is 13.0 Å². The van der Waals surface area contributed by atoms with Crippen molar-refractivity contribution >= 4 is 23.1 Å². The number of nitrogens with one attached hydrogen (secondary N) is 1. The number of nitrogens with zero attached hydrogens (tertiary/aromatic N) is 2. The second-order valence-corrected chi connectivity index (χ2v) is 5.14. The lowest BCUT2D eigenvalue weighted by atomic mass is 10.5. The van der Waals surface area contributed by atoms with Crippen molar-refractivity contribution in [1.82, 2.24) is 15.5 Å². The van der Waals surface area contributed by atoms with Gasteiger partial charge in [-0.05, 0) is 25.0 Å². The Morgan fingerprint density at radius 2 is 2.14 bits per heavy atom. The monoisotopic (exact) mass is 231 g/mol. The number of hydrogen-bond acceptors (Lipinski definition) is 5. The lowest BCUT2D eigenvalue weighted by Gasteiger charge is -1.96. The highest BCUT2D eigenvalue weighted by Crippen LogP contribution is 2.11. The fourth-order valence-electron chi connectivity index (χ4n) is 1.02. The average Bonchev–Trinajstić information content (AvgIpc) is 2.63. The Morgan fingerprint density at radius 3 is 2.86 bits per heavy atom. The Balaban J connectivity index is 2.27. The van der Waals surface area contributed by atoms with Crippen molar-refractivity contribution in [3.8, 4) is 0 Å². The standard InChI is InChI=1S/C9H17N3S2/c1-3-5-10-7-9-12-11-8(14-9)4-6-13-2/h10H,3-7H2,1-2H3. The summed E-state index contributed by atoms with van der Waals surface area (Å²) in [5.41, 5.74) is 0. The zero-order valence-electron chi connectivity index (χ0n) is 8.75. The molecular weight excluding hydrogens is 214 g/mol. The molecule has 0 aliphatic heterocycles. The fraction of sp³-hybridized carbons (Fsp3) is 0.778. The maximum absolute atomic E-state index is 4.15. The average molecular weight is 231 g/mol. The van der Waals surface area contributed by atoms with Gasteiger partial charge in [0.25, 0.3) is 0 Å². The van der Waals surface area contributed by atoms with Gasteiger partial charge in [-0.25, -0.2) is 0 Å². The minimum Gasteiger partial charge on any atom is -0.310 e. The Kier molecular flexibility index (Phi) is 6.14. The van der Waals surface area contributed by atoms with Crippen LogP contribution in [0.2, 0.25) is 0 Å². The molecule has 80 valence electrons. The molecule has 0 atom stereocenters. The van der Waals surface area contributed by atoms with E-state index in [1.807, 2.05) is 11.8 Å². The van der Waals surface area contributed by atoms with Gasteiger partial charge in [0.1, 0.15) is 10.0 Å². The van der Waals surface area contributed by atoms with Gasteiger partial charge in [0.15, 0.2) is 0 Å². The topological polar surface area (TPSA) is 37.8 Å². The Hall–Kier alpha value is -0.130. The van der Waals surface area contributed by atoms with Crippen molar-refractivity contribution in [1.29, 1.82) is 0 Å². The second kappa shape index (κ2) is 7.20. The molecule has 0 unspecified atom stereocenters. The molecule has 0 spiro atoms. The number of aromatic nitrogens is 2. The third kappa shape index (κ3) is 4.39. The minimum atomic E-state index is 0.866. The highest BCUT2D eigenvalue weighted by atomic mass is 32.2. The molecule has 0 saturated carbocycles. The van der Waals surface area contributed by atoms with Gasteiger partial charge >= 0.3 is 0 Å². The number of rotatable bonds is 7. The summed E-state index contributed by atoms with van der Waals surface area (Å²) in [4.78, 5) is 0. The summed E-state index contributed by atoms with van der Waals surface area (Å²) < 4.78 is 0. The van der Waals surface area contributed by atoms with Crippen LogP contribution < -0.4 is 5.32 Å². The molecule has 0 bridgehead atoms. The van der Waals surface area contributed by atoms with Crippen molar-refractivity contribution in [2.45, 2.75) is 26.3 Å². The van der Waals surface area contributed by atoms with E-state index in [2.05, 4.69) is 28.7 Å². The molecule has 5 heteroatoms. The first kappa shape index (κ1) is 11.9. The van der Waals surface area contributed by atoms with Crippen molar-refractivity contribution in [3.05, 3.63) is 10.0 Å². The minimum absolute atomic E-state index is 0.866. The van der Waals surface area contributed by atoms with Gasteiger partial charge in [-0.15, -0.1) is 21.5 Å². The predicted molar refractivity (Wildman–Crippen MR) is 64.0 cm³/mol. The summed E-state index contributed by atoms with van der Waals surface area (Å²) in [5, 5.41) is 13.9. The summed E-state index contributed by atoms with van der Waals surface area (Å²) in [6.45, 7) is 4.08. The Bertz CT molecular complexity index is 250. The fourth-order valence-corrected chi connectivity index (χ4v) is 2.36. The van der Waals surface area contributed by atoms with Crippen molar-refractivity contribution in [2.24, 2.45) is 0 Å². The molecule has 1 rings (SSSR count).